The van der Waals surface area contributed by atoms with Gasteiger partial charge in [0.25, 0.3) is 0 Å². The highest BCUT2D eigenvalue weighted by Gasteiger charge is 2.20. The molecular weight excluding hydrogens is 292 g/mol. The Labute approximate surface area is 124 Å². The second kappa shape index (κ2) is 5.96. The number of fused-ring (bicyclic) bond motifs is 1. The average Bonchev–Trinajstić information content (AvgIpc) is 2.88. The third-order valence-electron chi connectivity index (χ3n) is 2.75. The van der Waals surface area contributed by atoms with Crippen molar-refractivity contribution in [3.8, 4) is 5.75 Å². The summed E-state index contributed by atoms with van der Waals surface area (Å²) in [5.41, 5.74) is 0.584. The van der Waals surface area contributed by atoms with Crippen LogP contribution in [-0.4, -0.2) is 37.4 Å². The van der Waals surface area contributed by atoms with Gasteiger partial charge in [-0.3, -0.25) is 4.79 Å². The summed E-state index contributed by atoms with van der Waals surface area (Å²) in [6.07, 6.45) is -0.0798. The molecule has 1 aliphatic rings. The number of carbonyl (C=O) groups is 1. The Morgan fingerprint density at radius 2 is 2.14 bits per heavy atom. The van der Waals surface area contributed by atoms with Gasteiger partial charge in [-0.15, -0.1) is 10.2 Å². The monoisotopic (exact) mass is 304 g/mol. The number of rotatable bonds is 5. The molecule has 1 aliphatic heterocycles. The molecule has 0 saturated heterocycles. The summed E-state index contributed by atoms with van der Waals surface area (Å²) in [5.74, 6) is 0.897. The van der Waals surface area contributed by atoms with E-state index < -0.39 is 5.97 Å². The predicted octanol–water partition coefficient (Wildman–Crippen LogP) is 1.64. The smallest absolute Gasteiger partial charge is 0.309 e. The first-order valence-electron chi connectivity index (χ1n) is 6.26. The van der Waals surface area contributed by atoms with Gasteiger partial charge in [-0.25, -0.2) is 0 Å². The number of hydrogen-bond acceptors (Lipinski definition) is 6. The van der Waals surface area contributed by atoms with E-state index in [1.165, 1.54) is 11.8 Å². The van der Waals surface area contributed by atoms with Gasteiger partial charge in [0, 0.05) is 5.75 Å². The van der Waals surface area contributed by atoms with Crippen LogP contribution in [0.4, 0.5) is 0 Å². The highest BCUT2D eigenvalue weighted by atomic mass is 32.2. The van der Waals surface area contributed by atoms with Gasteiger partial charge in [0.1, 0.15) is 12.4 Å². The molecule has 108 valence electrons. The molecule has 0 saturated carbocycles. The van der Waals surface area contributed by atoms with Gasteiger partial charge in [0.05, 0.1) is 12.1 Å². The van der Waals surface area contributed by atoms with Crippen molar-refractivity contribution in [1.82, 2.24) is 14.9 Å². The number of carboxylic acid groups (broad SMARTS) is 1. The molecule has 0 amide bonds. The van der Waals surface area contributed by atoms with Crippen molar-refractivity contribution < 1.29 is 14.6 Å². The van der Waals surface area contributed by atoms with E-state index in [2.05, 4.69) is 15.3 Å². The zero-order chi connectivity index (χ0) is 14.7. The maximum absolute atomic E-state index is 10.8. The lowest BCUT2D eigenvalue weighted by atomic mass is 10.3. The molecular formula is C13H12N4O3S. The molecule has 0 fully saturated rings. The standard InChI is InChI=1S/C13H12N4O3S/c18-12(19)6-9-8-21-13-15-14-11(17(13)16-9)7-20-10-4-2-1-3-5-10/h1-5H,6-8H2,(H,18,19). The van der Waals surface area contributed by atoms with E-state index in [1.54, 1.807) is 4.68 Å². The second-order valence-electron chi connectivity index (χ2n) is 4.34. The number of thioether (sulfide) groups is 1. The van der Waals surface area contributed by atoms with E-state index in [-0.39, 0.29) is 13.0 Å². The number of aromatic nitrogens is 3. The van der Waals surface area contributed by atoms with Crippen LogP contribution in [0.15, 0.2) is 40.6 Å². The number of aliphatic carboxylic acids is 1. The Bertz CT molecular complexity index is 684. The van der Waals surface area contributed by atoms with Crippen molar-refractivity contribution in [2.75, 3.05) is 5.75 Å². The van der Waals surface area contributed by atoms with Gasteiger partial charge < -0.3 is 9.84 Å². The number of hydrogen-bond donors (Lipinski definition) is 1. The fraction of sp³-hybridized carbons (Fsp3) is 0.231. The van der Waals surface area contributed by atoms with Crippen LogP contribution < -0.4 is 4.74 Å². The molecule has 0 spiro atoms. The van der Waals surface area contributed by atoms with E-state index in [0.717, 1.165) is 5.75 Å². The number of carboxylic acids is 1. The van der Waals surface area contributed by atoms with Crippen LogP contribution in [0.3, 0.4) is 0 Å². The molecule has 7 nitrogen and oxygen atoms in total. The molecule has 2 aromatic rings. The highest BCUT2D eigenvalue weighted by molar-refractivity contribution is 7.99. The maximum atomic E-state index is 10.8. The van der Waals surface area contributed by atoms with Crippen LogP contribution in [0.2, 0.25) is 0 Å². The topological polar surface area (TPSA) is 89.6 Å². The lowest BCUT2D eigenvalue weighted by Crippen LogP contribution is -2.17. The Hall–Kier alpha value is -2.35. The first-order chi connectivity index (χ1) is 10.2. The zero-order valence-corrected chi connectivity index (χ0v) is 11.8. The fourth-order valence-electron chi connectivity index (χ4n) is 1.82. The Morgan fingerprint density at radius 1 is 1.33 bits per heavy atom. The van der Waals surface area contributed by atoms with Crippen LogP contribution >= 0.6 is 11.8 Å². The fourth-order valence-corrected chi connectivity index (χ4v) is 2.64. The predicted molar refractivity (Wildman–Crippen MR) is 76.6 cm³/mol. The van der Waals surface area contributed by atoms with Gasteiger partial charge in [-0.05, 0) is 12.1 Å². The van der Waals surface area contributed by atoms with E-state index in [4.69, 9.17) is 9.84 Å². The van der Waals surface area contributed by atoms with Crippen LogP contribution in [-0.2, 0) is 11.4 Å². The SMILES string of the molecule is O=C(O)CC1=Nn2c(COc3ccccc3)nnc2SC1. The summed E-state index contributed by atoms with van der Waals surface area (Å²) in [6, 6.07) is 9.37. The summed E-state index contributed by atoms with van der Waals surface area (Å²) >= 11 is 1.42. The maximum Gasteiger partial charge on any atom is 0.309 e. The van der Waals surface area contributed by atoms with Crippen molar-refractivity contribution in [3.63, 3.8) is 0 Å². The largest absolute Gasteiger partial charge is 0.486 e. The van der Waals surface area contributed by atoms with Crippen molar-refractivity contribution >= 4 is 23.4 Å². The molecule has 3 rings (SSSR count). The summed E-state index contributed by atoms with van der Waals surface area (Å²) in [7, 11) is 0. The van der Waals surface area contributed by atoms with Crippen molar-refractivity contribution in [2.24, 2.45) is 5.10 Å². The van der Waals surface area contributed by atoms with Gasteiger partial charge in [-0.2, -0.15) is 9.78 Å². The van der Waals surface area contributed by atoms with E-state index in [0.29, 0.717) is 22.4 Å². The molecule has 0 radical (unpaired) electrons. The van der Waals surface area contributed by atoms with Crippen molar-refractivity contribution in [2.45, 2.75) is 18.2 Å². The van der Waals surface area contributed by atoms with Gasteiger partial charge in [0.2, 0.25) is 5.16 Å². The lowest BCUT2D eigenvalue weighted by molar-refractivity contribution is -0.135. The summed E-state index contributed by atoms with van der Waals surface area (Å²) in [6.45, 7) is 0.224. The lowest BCUT2D eigenvalue weighted by Gasteiger charge is -2.12. The molecule has 0 unspecified atom stereocenters. The molecule has 1 N–H and O–H groups in total. The quantitative estimate of drug-likeness (QED) is 0.903. The van der Waals surface area contributed by atoms with Crippen molar-refractivity contribution in [1.29, 1.82) is 0 Å². The molecule has 1 aromatic heterocycles. The van der Waals surface area contributed by atoms with E-state index in [1.807, 2.05) is 30.3 Å². The van der Waals surface area contributed by atoms with E-state index >= 15 is 0 Å². The van der Waals surface area contributed by atoms with Crippen LogP contribution in [0, 0.1) is 0 Å². The third kappa shape index (κ3) is 3.22. The summed E-state index contributed by atoms with van der Waals surface area (Å²) < 4.78 is 7.17. The van der Waals surface area contributed by atoms with Crippen LogP contribution in [0.25, 0.3) is 0 Å². The molecule has 21 heavy (non-hydrogen) atoms. The normalized spacial score (nSPS) is 13.4. The Morgan fingerprint density at radius 3 is 2.90 bits per heavy atom. The number of benzene rings is 1. The molecule has 1 aromatic carbocycles. The minimum Gasteiger partial charge on any atom is -0.486 e. The van der Waals surface area contributed by atoms with Crippen LogP contribution in [0.5, 0.6) is 5.75 Å². The van der Waals surface area contributed by atoms with E-state index in [9.17, 15) is 4.79 Å². The van der Waals surface area contributed by atoms with Crippen molar-refractivity contribution in [3.05, 3.63) is 36.2 Å². The van der Waals surface area contributed by atoms with Gasteiger partial charge in [-0.1, -0.05) is 30.0 Å². The number of ether oxygens (including phenoxy) is 1. The first kappa shape index (κ1) is 13.6. The van der Waals surface area contributed by atoms with Gasteiger partial charge in [0.15, 0.2) is 5.82 Å². The second-order valence-corrected chi connectivity index (χ2v) is 5.28. The Balaban J connectivity index is 1.75. The average molecular weight is 304 g/mol. The molecule has 2 heterocycles. The summed E-state index contributed by atoms with van der Waals surface area (Å²) in [5, 5.41) is 21.8. The third-order valence-corrected chi connectivity index (χ3v) is 3.74. The summed E-state index contributed by atoms with van der Waals surface area (Å²) in [4.78, 5) is 10.8. The molecule has 0 atom stereocenters. The minimum atomic E-state index is -0.895. The number of nitrogens with zero attached hydrogens (tertiary/aromatic N) is 4. The first-order valence-corrected chi connectivity index (χ1v) is 7.24. The Kier molecular flexibility index (Phi) is 3.87. The number of para-hydroxylation sites is 1. The minimum absolute atomic E-state index is 0.0798. The molecule has 0 aliphatic carbocycles. The highest BCUT2D eigenvalue weighted by Crippen LogP contribution is 2.23. The van der Waals surface area contributed by atoms with Crippen LogP contribution in [0.1, 0.15) is 12.2 Å². The molecule has 0 bridgehead atoms. The van der Waals surface area contributed by atoms with Gasteiger partial charge >= 0.3 is 5.97 Å². The molecule has 8 heteroatoms. The zero-order valence-electron chi connectivity index (χ0n) is 11.0.